The van der Waals surface area contributed by atoms with Crippen molar-refractivity contribution in [3.8, 4) is 0 Å². The van der Waals surface area contributed by atoms with Crippen molar-refractivity contribution in [2.45, 2.75) is 90.6 Å². The zero-order chi connectivity index (χ0) is 17.4. The van der Waals surface area contributed by atoms with E-state index in [9.17, 15) is 9.59 Å². The molecule has 0 heterocycles. The van der Waals surface area contributed by atoms with E-state index in [1.807, 2.05) is 20.8 Å². The molecular weight excluding hydrogens is 296 g/mol. The summed E-state index contributed by atoms with van der Waals surface area (Å²) in [6, 6.07) is 0. The molecule has 1 fully saturated rings. The molecule has 0 aromatic rings. The van der Waals surface area contributed by atoms with E-state index >= 15 is 0 Å². The Balaban J connectivity index is 2.58. The van der Waals surface area contributed by atoms with E-state index in [-0.39, 0.29) is 23.5 Å². The molecule has 0 atom stereocenters. The van der Waals surface area contributed by atoms with E-state index in [4.69, 9.17) is 9.16 Å². The maximum absolute atomic E-state index is 12.0. The second-order valence-electron chi connectivity index (χ2n) is 9.15. The van der Waals surface area contributed by atoms with Crippen LogP contribution < -0.4 is 0 Å². The first-order valence-electron chi connectivity index (χ1n) is 8.06. The lowest BCUT2D eigenvalue weighted by Gasteiger charge is -2.48. The highest BCUT2D eigenvalue weighted by Crippen LogP contribution is 2.48. The molecule has 0 aliphatic heterocycles. The molecule has 0 aromatic carbocycles. The van der Waals surface area contributed by atoms with E-state index in [0.717, 1.165) is 6.29 Å². The van der Waals surface area contributed by atoms with Crippen LogP contribution in [0.2, 0.25) is 18.1 Å². The van der Waals surface area contributed by atoms with Gasteiger partial charge in [0.15, 0.2) is 8.32 Å². The topological polar surface area (TPSA) is 52.6 Å². The van der Waals surface area contributed by atoms with Crippen LogP contribution in [-0.2, 0) is 18.8 Å². The summed E-state index contributed by atoms with van der Waals surface area (Å²) in [7, 11) is -1.82. The number of hydrogen-bond donors (Lipinski definition) is 0. The zero-order valence-corrected chi connectivity index (χ0v) is 16.4. The summed E-state index contributed by atoms with van der Waals surface area (Å²) in [6.07, 6.45) is 2.42. The smallest absolute Gasteiger partial charge is 0.307 e. The molecule has 0 bridgehead atoms. The molecule has 1 rings (SSSR count). The lowest BCUT2D eigenvalue weighted by Crippen LogP contribution is -2.52. The normalized spacial score (nSPS) is 26.3. The lowest BCUT2D eigenvalue weighted by molar-refractivity contribution is -0.163. The third-order valence-electron chi connectivity index (χ3n) is 4.70. The summed E-state index contributed by atoms with van der Waals surface area (Å²) < 4.78 is 11.6. The van der Waals surface area contributed by atoms with E-state index in [2.05, 4.69) is 33.9 Å². The van der Waals surface area contributed by atoms with Crippen LogP contribution in [0.4, 0.5) is 0 Å². The number of hydrogen-bond acceptors (Lipinski definition) is 4. The van der Waals surface area contributed by atoms with Crippen LogP contribution in [0.1, 0.15) is 60.8 Å². The maximum Gasteiger partial charge on any atom is 0.307 e. The Morgan fingerprint density at radius 2 is 1.68 bits per heavy atom. The fourth-order valence-electron chi connectivity index (χ4n) is 2.47. The van der Waals surface area contributed by atoms with Crippen LogP contribution in [0.25, 0.3) is 0 Å². The monoisotopic (exact) mass is 328 g/mol. The summed E-state index contributed by atoms with van der Waals surface area (Å²) in [5.41, 5.74) is -1.10. The van der Waals surface area contributed by atoms with Crippen molar-refractivity contribution >= 4 is 20.6 Å². The van der Waals surface area contributed by atoms with Gasteiger partial charge in [-0.2, -0.15) is 0 Å². The standard InChI is InChI=1S/C17H32O4Si/c1-15(2,3)20-14(19)11-17(12-18)9-13(10-17)21-22(7,8)16(4,5)6/h12-13H,9-11H2,1-8H3. The summed E-state index contributed by atoms with van der Waals surface area (Å²) in [5, 5.41) is 0.150. The van der Waals surface area contributed by atoms with E-state index in [0.29, 0.717) is 12.8 Å². The van der Waals surface area contributed by atoms with Crippen molar-refractivity contribution in [3.63, 3.8) is 0 Å². The third-order valence-corrected chi connectivity index (χ3v) is 9.24. The summed E-state index contributed by atoms with van der Waals surface area (Å²) in [5.74, 6) is -0.301. The van der Waals surface area contributed by atoms with Crippen molar-refractivity contribution in [2.75, 3.05) is 0 Å². The van der Waals surface area contributed by atoms with E-state index in [1.54, 1.807) is 0 Å². The minimum atomic E-state index is -1.82. The summed E-state index contributed by atoms with van der Waals surface area (Å²) in [6.45, 7) is 16.5. The molecule has 128 valence electrons. The molecule has 0 N–H and O–H groups in total. The molecule has 0 saturated heterocycles. The van der Waals surface area contributed by atoms with Crippen molar-refractivity contribution in [2.24, 2.45) is 5.41 Å². The van der Waals surface area contributed by atoms with Gasteiger partial charge in [0.1, 0.15) is 11.9 Å². The van der Waals surface area contributed by atoms with Crippen molar-refractivity contribution < 1.29 is 18.8 Å². The van der Waals surface area contributed by atoms with Gasteiger partial charge in [-0.15, -0.1) is 0 Å². The first kappa shape index (κ1) is 19.4. The molecule has 1 aliphatic rings. The minimum Gasteiger partial charge on any atom is -0.460 e. The van der Waals surface area contributed by atoms with Gasteiger partial charge >= 0.3 is 5.97 Å². The Morgan fingerprint density at radius 1 is 1.18 bits per heavy atom. The van der Waals surface area contributed by atoms with Crippen molar-refractivity contribution in [1.82, 2.24) is 0 Å². The highest BCUT2D eigenvalue weighted by Gasteiger charge is 2.50. The molecule has 0 radical (unpaired) electrons. The van der Waals surface area contributed by atoms with Crippen LogP contribution in [0.5, 0.6) is 0 Å². The SMILES string of the molecule is CC(C)(C)OC(=O)CC1(C=O)CC(O[Si](C)(C)C(C)(C)C)C1. The Morgan fingerprint density at radius 3 is 2.05 bits per heavy atom. The van der Waals surface area contributed by atoms with Gasteiger partial charge in [0, 0.05) is 11.5 Å². The van der Waals surface area contributed by atoms with Crippen LogP contribution in [-0.4, -0.2) is 32.3 Å². The molecule has 0 unspecified atom stereocenters. The first-order chi connectivity index (χ1) is 9.70. The van der Waals surface area contributed by atoms with Gasteiger partial charge in [-0.05, 0) is 51.7 Å². The number of rotatable bonds is 5. The Bertz CT molecular complexity index is 423. The Hall–Kier alpha value is -0.683. The number of carbonyl (C=O) groups excluding carboxylic acids is 2. The molecule has 0 aromatic heterocycles. The molecule has 1 aliphatic carbocycles. The average Bonchev–Trinajstić information content (AvgIpc) is 2.20. The number of ether oxygens (including phenoxy) is 1. The molecule has 0 amide bonds. The van der Waals surface area contributed by atoms with Gasteiger partial charge in [-0.3, -0.25) is 4.79 Å². The van der Waals surface area contributed by atoms with Gasteiger partial charge in [-0.1, -0.05) is 20.8 Å². The van der Waals surface area contributed by atoms with E-state index in [1.165, 1.54) is 0 Å². The predicted octanol–water partition coefficient (Wildman–Crippen LogP) is 4.09. The van der Waals surface area contributed by atoms with Crippen LogP contribution in [0.15, 0.2) is 0 Å². The summed E-state index contributed by atoms with van der Waals surface area (Å²) in [4.78, 5) is 23.4. The van der Waals surface area contributed by atoms with Gasteiger partial charge in [0.05, 0.1) is 6.42 Å². The number of aldehydes is 1. The van der Waals surface area contributed by atoms with Gasteiger partial charge in [0.2, 0.25) is 0 Å². The second-order valence-corrected chi connectivity index (χ2v) is 13.9. The van der Waals surface area contributed by atoms with E-state index < -0.39 is 19.3 Å². The molecule has 22 heavy (non-hydrogen) atoms. The largest absolute Gasteiger partial charge is 0.460 e. The Kier molecular flexibility index (Phi) is 5.35. The average molecular weight is 329 g/mol. The van der Waals surface area contributed by atoms with Gasteiger partial charge in [0.25, 0.3) is 0 Å². The van der Waals surface area contributed by atoms with Gasteiger partial charge < -0.3 is 14.0 Å². The Labute approximate surface area is 136 Å². The highest BCUT2D eigenvalue weighted by molar-refractivity contribution is 6.74. The quantitative estimate of drug-likeness (QED) is 0.433. The lowest BCUT2D eigenvalue weighted by atomic mass is 9.66. The van der Waals surface area contributed by atoms with Crippen LogP contribution >= 0.6 is 0 Å². The third kappa shape index (κ3) is 4.91. The minimum absolute atomic E-state index is 0.0912. The molecule has 0 spiro atoms. The summed E-state index contributed by atoms with van der Waals surface area (Å²) >= 11 is 0. The molecule has 5 heteroatoms. The number of carbonyl (C=O) groups is 2. The number of esters is 1. The van der Waals surface area contributed by atoms with Crippen molar-refractivity contribution in [1.29, 1.82) is 0 Å². The fourth-order valence-corrected chi connectivity index (χ4v) is 3.82. The van der Waals surface area contributed by atoms with Crippen LogP contribution in [0.3, 0.4) is 0 Å². The second kappa shape index (κ2) is 6.08. The van der Waals surface area contributed by atoms with Crippen LogP contribution in [0, 0.1) is 5.41 Å². The molecule has 1 saturated carbocycles. The predicted molar refractivity (Wildman–Crippen MR) is 90.3 cm³/mol. The first-order valence-corrected chi connectivity index (χ1v) is 11.0. The fraction of sp³-hybridized carbons (Fsp3) is 0.882. The molecule has 4 nitrogen and oxygen atoms in total. The maximum atomic E-state index is 12.0. The highest BCUT2D eigenvalue weighted by atomic mass is 28.4. The molecular formula is C17H32O4Si. The van der Waals surface area contributed by atoms with Gasteiger partial charge in [-0.25, -0.2) is 0 Å². The van der Waals surface area contributed by atoms with Crippen molar-refractivity contribution in [3.05, 3.63) is 0 Å². The zero-order valence-electron chi connectivity index (χ0n) is 15.4.